The molecule has 0 aliphatic heterocycles. The summed E-state index contributed by atoms with van der Waals surface area (Å²) in [7, 11) is 8.56. The second kappa shape index (κ2) is 7.85. The van der Waals surface area contributed by atoms with E-state index >= 15 is 0 Å². The summed E-state index contributed by atoms with van der Waals surface area (Å²) in [6, 6.07) is 3.75. The number of nitrogen functional groups attached to an aromatic ring is 1. The Hall–Kier alpha value is -1.38. The van der Waals surface area contributed by atoms with Crippen LogP contribution >= 0.6 is 21.4 Å². The van der Waals surface area contributed by atoms with E-state index in [0.717, 1.165) is 6.07 Å². The molecule has 0 saturated carbocycles. The number of methoxy groups -OCH3 is 1. The molecule has 0 fully saturated rings. The Bertz CT molecular complexity index is 479. The molecule has 1 aromatic rings. The average molecular weight is 315 g/mol. The summed E-state index contributed by atoms with van der Waals surface area (Å²) in [5.41, 5.74) is 5.16. The van der Waals surface area contributed by atoms with Crippen LogP contribution in [-0.4, -0.2) is 22.2 Å². The molecule has 7 nitrogen and oxygen atoms in total. The largest absolute Gasteiger partial charge is 0.465 e. The first-order valence-corrected chi connectivity index (χ1v) is 6.96. The number of carbonyl (C=O) groups is 1. The van der Waals surface area contributed by atoms with Gasteiger partial charge in [-0.3, -0.25) is 10.1 Å². The Morgan fingerprint density at radius 3 is 2.39 bits per heavy atom. The van der Waals surface area contributed by atoms with Gasteiger partial charge in [-0.25, -0.2) is 9.00 Å². The maximum Gasteiger partial charge on any atom is 0.338 e. The fourth-order valence-corrected chi connectivity index (χ4v) is 0.947. The average Bonchev–Trinajstić information content (AvgIpc) is 2.27. The van der Waals surface area contributed by atoms with Crippen LogP contribution in [0.1, 0.15) is 10.4 Å². The highest BCUT2D eigenvalue weighted by Gasteiger charge is 2.15. The molecule has 0 atom stereocenters. The first-order chi connectivity index (χ1) is 8.29. The zero-order valence-corrected chi connectivity index (χ0v) is 11.3. The van der Waals surface area contributed by atoms with Crippen LogP contribution in [0.3, 0.4) is 0 Å². The fourth-order valence-electron chi connectivity index (χ4n) is 0.947. The van der Waals surface area contributed by atoms with Crippen LogP contribution in [0.15, 0.2) is 18.2 Å². The number of hydrogen-bond donors (Lipinski definition) is 1. The highest BCUT2D eigenvalue weighted by atomic mass is 36.0. The van der Waals surface area contributed by atoms with Crippen LogP contribution in [0.5, 0.6) is 0 Å². The van der Waals surface area contributed by atoms with Gasteiger partial charge in [-0.15, -0.1) is 0 Å². The lowest BCUT2D eigenvalue weighted by atomic mass is 10.2. The predicted octanol–water partition coefficient (Wildman–Crippen LogP) is 2.01. The molecular formula is C8H8Cl2N2O5S. The van der Waals surface area contributed by atoms with Crippen molar-refractivity contribution in [3.05, 3.63) is 33.9 Å². The molecule has 100 valence electrons. The normalized spacial score (nSPS) is 9.33. The Morgan fingerprint density at radius 1 is 1.50 bits per heavy atom. The van der Waals surface area contributed by atoms with Gasteiger partial charge in [0, 0.05) is 27.4 Å². The minimum absolute atomic E-state index is 0.0163. The number of carbonyl (C=O) groups excluding carboxylic acids is 1. The Labute approximate surface area is 113 Å². The lowest BCUT2D eigenvalue weighted by molar-refractivity contribution is -0.383. The van der Waals surface area contributed by atoms with Crippen molar-refractivity contribution in [2.75, 3.05) is 12.8 Å². The van der Waals surface area contributed by atoms with Gasteiger partial charge < -0.3 is 10.5 Å². The van der Waals surface area contributed by atoms with E-state index < -0.39 is 20.1 Å². The van der Waals surface area contributed by atoms with Gasteiger partial charge in [-0.1, -0.05) is 0 Å². The topological polar surface area (TPSA) is 113 Å². The summed E-state index contributed by atoms with van der Waals surface area (Å²) in [5.74, 6) is -0.631. The van der Waals surface area contributed by atoms with Crippen molar-refractivity contribution in [2.45, 2.75) is 0 Å². The van der Waals surface area contributed by atoms with Crippen LogP contribution in [-0.2, 0) is 14.0 Å². The number of ether oxygens (including phenoxy) is 1. The third-order valence-corrected chi connectivity index (χ3v) is 1.65. The van der Waals surface area contributed by atoms with E-state index in [-0.39, 0.29) is 16.9 Å². The first-order valence-electron chi connectivity index (χ1n) is 4.16. The monoisotopic (exact) mass is 314 g/mol. The standard InChI is InChI=1S/C8H8N2O4.Cl2OS/c1-14-8(11)5-2-3-6(9)7(4-5)10(12)13;1-4(2)3/h2-4H,9H2,1H3;. The maximum absolute atomic E-state index is 11.0. The summed E-state index contributed by atoms with van der Waals surface area (Å²) < 4.78 is 13.5. The maximum atomic E-state index is 11.0. The molecule has 1 aromatic carbocycles. The van der Waals surface area contributed by atoms with Crippen molar-refractivity contribution in [3.63, 3.8) is 0 Å². The highest BCUT2D eigenvalue weighted by Crippen LogP contribution is 2.22. The molecule has 0 radical (unpaired) electrons. The summed E-state index contributed by atoms with van der Waals surface area (Å²) in [4.78, 5) is 20.8. The van der Waals surface area contributed by atoms with E-state index in [2.05, 4.69) is 26.1 Å². The van der Waals surface area contributed by atoms with E-state index in [4.69, 9.17) is 9.94 Å². The number of anilines is 1. The lowest BCUT2D eigenvalue weighted by Crippen LogP contribution is -2.03. The molecule has 18 heavy (non-hydrogen) atoms. The number of nitro benzene ring substituents is 1. The van der Waals surface area contributed by atoms with Gasteiger partial charge in [-0.05, 0) is 12.1 Å². The second-order valence-corrected chi connectivity index (χ2v) is 5.23. The number of esters is 1. The van der Waals surface area contributed by atoms with E-state index in [1.165, 1.54) is 19.2 Å². The third kappa shape index (κ3) is 5.80. The minimum atomic E-state index is -1.67. The quantitative estimate of drug-likeness (QED) is 0.294. The van der Waals surface area contributed by atoms with Crippen LogP contribution in [0, 0.1) is 10.1 Å². The van der Waals surface area contributed by atoms with Crippen molar-refractivity contribution < 1.29 is 18.7 Å². The molecule has 1 rings (SSSR count). The number of benzene rings is 1. The zero-order chi connectivity index (χ0) is 14.3. The summed E-state index contributed by atoms with van der Waals surface area (Å²) in [5, 5.41) is 10.5. The van der Waals surface area contributed by atoms with Crippen LogP contribution in [0.2, 0.25) is 0 Å². The lowest BCUT2D eigenvalue weighted by Gasteiger charge is -2.00. The molecule has 0 saturated heterocycles. The number of nitrogens with two attached hydrogens (primary N) is 1. The number of hydrogen-bond acceptors (Lipinski definition) is 6. The van der Waals surface area contributed by atoms with Crippen molar-refractivity contribution >= 4 is 47.9 Å². The van der Waals surface area contributed by atoms with Gasteiger partial charge in [0.25, 0.3) is 5.69 Å². The number of halogens is 2. The van der Waals surface area contributed by atoms with E-state index in [1.807, 2.05) is 0 Å². The van der Waals surface area contributed by atoms with Gasteiger partial charge in [0.15, 0.2) is 0 Å². The molecule has 10 heteroatoms. The van der Waals surface area contributed by atoms with Crippen LogP contribution < -0.4 is 5.73 Å². The van der Waals surface area contributed by atoms with Crippen molar-refractivity contribution in [2.24, 2.45) is 0 Å². The smallest absolute Gasteiger partial charge is 0.338 e. The molecule has 2 N–H and O–H groups in total. The fraction of sp³-hybridized carbons (Fsp3) is 0.125. The Morgan fingerprint density at radius 2 is 2.00 bits per heavy atom. The van der Waals surface area contributed by atoms with Crippen molar-refractivity contribution in [1.82, 2.24) is 0 Å². The van der Waals surface area contributed by atoms with Crippen molar-refractivity contribution in [3.8, 4) is 0 Å². The Balaban J connectivity index is 0.000000631. The highest BCUT2D eigenvalue weighted by molar-refractivity contribution is 8.26. The van der Waals surface area contributed by atoms with E-state index in [9.17, 15) is 14.9 Å². The van der Waals surface area contributed by atoms with E-state index in [0.29, 0.717) is 0 Å². The molecular weight excluding hydrogens is 307 g/mol. The molecule has 0 amide bonds. The zero-order valence-electron chi connectivity index (χ0n) is 8.96. The Kier molecular flexibility index (Phi) is 7.25. The molecule has 0 aliphatic carbocycles. The van der Waals surface area contributed by atoms with Gasteiger partial charge in [0.1, 0.15) is 5.69 Å². The predicted molar refractivity (Wildman–Crippen MR) is 68.7 cm³/mol. The van der Waals surface area contributed by atoms with Crippen molar-refractivity contribution in [1.29, 1.82) is 0 Å². The molecule has 0 aliphatic rings. The second-order valence-electron chi connectivity index (χ2n) is 2.71. The minimum Gasteiger partial charge on any atom is -0.465 e. The molecule has 0 unspecified atom stereocenters. The first kappa shape index (κ1) is 16.6. The van der Waals surface area contributed by atoms with Gasteiger partial charge in [0.2, 0.25) is 9.23 Å². The molecule has 0 heterocycles. The molecule has 0 spiro atoms. The third-order valence-electron chi connectivity index (χ3n) is 1.65. The number of rotatable bonds is 2. The summed E-state index contributed by atoms with van der Waals surface area (Å²) >= 11 is 0. The summed E-state index contributed by atoms with van der Waals surface area (Å²) in [6.45, 7) is 0. The molecule has 0 aromatic heterocycles. The summed E-state index contributed by atoms with van der Waals surface area (Å²) in [6.07, 6.45) is 0. The van der Waals surface area contributed by atoms with Gasteiger partial charge in [-0.2, -0.15) is 0 Å². The number of nitrogens with zero attached hydrogens (tertiary/aromatic N) is 1. The SMILES string of the molecule is COC(=O)c1ccc(N)c([N+](=O)[O-])c1.O=S(Cl)Cl. The van der Waals surface area contributed by atoms with Crippen LogP contribution in [0.25, 0.3) is 0 Å². The molecule has 0 bridgehead atoms. The van der Waals surface area contributed by atoms with E-state index in [1.54, 1.807) is 0 Å². The number of nitro groups is 1. The van der Waals surface area contributed by atoms with Gasteiger partial charge in [0.05, 0.1) is 17.6 Å². The van der Waals surface area contributed by atoms with Crippen LogP contribution in [0.4, 0.5) is 11.4 Å². The van der Waals surface area contributed by atoms with Gasteiger partial charge >= 0.3 is 5.97 Å².